The Kier molecular flexibility index (Phi) is 4.91. The summed E-state index contributed by atoms with van der Waals surface area (Å²) in [5, 5.41) is 0. The molecule has 0 unspecified atom stereocenters. The van der Waals surface area contributed by atoms with Crippen molar-refractivity contribution < 1.29 is 4.79 Å². The quantitative estimate of drug-likeness (QED) is 0.917. The average Bonchev–Trinajstić information content (AvgIpc) is 2.80. The van der Waals surface area contributed by atoms with Crippen LogP contribution in [0.4, 0.5) is 0 Å². The van der Waals surface area contributed by atoms with Crippen molar-refractivity contribution in [2.45, 2.75) is 57.7 Å². The van der Waals surface area contributed by atoms with Crippen LogP contribution in [0.5, 0.6) is 0 Å². The van der Waals surface area contributed by atoms with Crippen LogP contribution in [0.1, 0.15) is 56.1 Å². The third-order valence-corrected chi connectivity index (χ3v) is 4.63. The molecule has 0 bridgehead atoms. The summed E-state index contributed by atoms with van der Waals surface area (Å²) >= 11 is 3.46. The first-order valence-electron chi connectivity index (χ1n) is 7.30. The molecule has 1 saturated carbocycles. The molecule has 112 valence electrons. The number of hydrogen-bond donors (Lipinski definition) is 1. The lowest BCUT2D eigenvalue weighted by Gasteiger charge is -2.33. The molecule has 1 amide bonds. The van der Waals surface area contributed by atoms with Crippen LogP contribution < -0.4 is 5.73 Å². The third kappa shape index (κ3) is 3.26. The Balaban J connectivity index is 2.14. The lowest BCUT2D eigenvalue weighted by molar-refractivity contribution is 0.0677. The predicted octanol–water partition coefficient (Wildman–Crippen LogP) is 3.17. The van der Waals surface area contributed by atoms with Crippen LogP contribution in [-0.2, 0) is 0 Å². The monoisotopic (exact) mass is 341 g/mol. The molecule has 0 atom stereocenters. The normalized spacial score (nSPS) is 23.1. The van der Waals surface area contributed by atoms with Gasteiger partial charge < -0.3 is 15.2 Å². The number of halogens is 1. The summed E-state index contributed by atoms with van der Waals surface area (Å²) in [6.45, 7) is 4.17. The number of carbonyl (C=O) groups is 1. The van der Waals surface area contributed by atoms with Gasteiger partial charge in [-0.25, -0.2) is 0 Å². The Bertz CT molecular complexity index is 475. The maximum Gasteiger partial charge on any atom is 0.270 e. The molecule has 0 aliphatic heterocycles. The molecule has 0 radical (unpaired) electrons. The predicted molar refractivity (Wildman–Crippen MR) is 84.8 cm³/mol. The van der Waals surface area contributed by atoms with Crippen LogP contribution in [0.3, 0.4) is 0 Å². The van der Waals surface area contributed by atoms with Gasteiger partial charge in [0.1, 0.15) is 5.69 Å². The molecule has 2 rings (SSSR count). The molecule has 1 aliphatic carbocycles. The largest absolute Gasteiger partial charge is 0.340 e. The first-order chi connectivity index (χ1) is 9.40. The molecule has 1 aromatic rings. The fourth-order valence-electron chi connectivity index (χ4n) is 2.88. The summed E-state index contributed by atoms with van der Waals surface area (Å²) in [6, 6.07) is 2.81. The van der Waals surface area contributed by atoms with E-state index in [4.69, 9.17) is 5.73 Å². The minimum Gasteiger partial charge on any atom is -0.340 e. The van der Waals surface area contributed by atoms with Gasteiger partial charge in [-0.2, -0.15) is 0 Å². The average molecular weight is 342 g/mol. The SMILES string of the molecule is CC(C)n1cc(Br)cc1C(=O)N(C)C1CCC(N)CC1. The first kappa shape index (κ1) is 15.6. The van der Waals surface area contributed by atoms with Gasteiger partial charge in [-0.15, -0.1) is 0 Å². The van der Waals surface area contributed by atoms with E-state index in [1.165, 1.54) is 0 Å². The zero-order valence-corrected chi connectivity index (χ0v) is 14.1. The molecule has 1 fully saturated rings. The number of rotatable bonds is 3. The van der Waals surface area contributed by atoms with Gasteiger partial charge in [-0.05, 0) is 61.5 Å². The van der Waals surface area contributed by atoms with Crippen molar-refractivity contribution >= 4 is 21.8 Å². The Labute approximate surface area is 129 Å². The molecule has 0 spiro atoms. The second-order valence-electron chi connectivity index (χ2n) is 6.03. The maximum atomic E-state index is 12.7. The van der Waals surface area contributed by atoms with Crippen molar-refractivity contribution in [3.63, 3.8) is 0 Å². The standard InChI is InChI=1S/C15H24BrN3O/c1-10(2)19-9-11(16)8-14(19)15(20)18(3)13-6-4-12(17)5-7-13/h8-10,12-13H,4-7,17H2,1-3H3. The molecule has 2 N–H and O–H groups in total. The molecular formula is C15H24BrN3O. The number of hydrogen-bond acceptors (Lipinski definition) is 2. The zero-order chi connectivity index (χ0) is 14.9. The molecule has 1 aliphatic rings. The van der Waals surface area contributed by atoms with E-state index in [2.05, 4.69) is 29.8 Å². The number of amides is 1. The van der Waals surface area contributed by atoms with Crippen LogP contribution in [0.15, 0.2) is 16.7 Å². The van der Waals surface area contributed by atoms with E-state index in [-0.39, 0.29) is 11.9 Å². The highest BCUT2D eigenvalue weighted by molar-refractivity contribution is 9.10. The number of nitrogens with two attached hydrogens (primary N) is 1. The Morgan fingerprint density at radius 2 is 2.00 bits per heavy atom. The minimum absolute atomic E-state index is 0.102. The van der Waals surface area contributed by atoms with Crippen molar-refractivity contribution in [1.82, 2.24) is 9.47 Å². The number of carbonyl (C=O) groups excluding carboxylic acids is 1. The maximum absolute atomic E-state index is 12.7. The molecule has 5 heteroatoms. The summed E-state index contributed by atoms with van der Waals surface area (Å²) in [5.41, 5.74) is 6.69. The zero-order valence-electron chi connectivity index (χ0n) is 12.5. The molecular weight excluding hydrogens is 318 g/mol. The molecule has 0 aromatic carbocycles. The highest BCUT2D eigenvalue weighted by Crippen LogP contribution is 2.25. The smallest absolute Gasteiger partial charge is 0.270 e. The summed E-state index contributed by atoms with van der Waals surface area (Å²) in [5.74, 6) is 0.102. The summed E-state index contributed by atoms with van der Waals surface area (Å²) in [7, 11) is 1.91. The van der Waals surface area contributed by atoms with Gasteiger partial charge in [0.25, 0.3) is 5.91 Å². The van der Waals surface area contributed by atoms with Crippen molar-refractivity contribution in [2.75, 3.05) is 7.05 Å². The van der Waals surface area contributed by atoms with Gasteiger partial charge in [0.15, 0.2) is 0 Å². The molecule has 1 heterocycles. The van der Waals surface area contributed by atoms with E-state index >= 15 is 0 Å². The first-order valence-corrected chi connectivity index (χ1v) is 8.09. The highest BCUT2D eigenvalue weighted by atomic mass is 79.9. The van der Waals surface area contributed by atoms with Gasteiger partial charge in [0.2, 0.25) is 0 Å². The van der Waals surface area contributed by atoms with Crippen LogP contribution in [0, 0.1) is 0 Å². The summed E-state index contributed by atoms with van der Waals surface area (Å²) in [4.78, 5) is 14.6. The topological polar surface area (TPSA) is 51.3 Å². The Hall–Kier alpha value is -0.810. The third-order valence-electron chi connectivity index (χ3n) is 4.20. The number of aromatic nitrogens is 1. The molecule has 4 nitrogen and oxygen atoms in total. The van der Waals surface area contributed by atoms with E-state index in [1.54, 1.807) is 0 Å². The van der Waals surface area contributed by atoms with E-state index in [0.29, 0.717) is 12.1 Å². The summed E-state index contributed by atoms with van der Waals surface area (Å²) in [6.07, 6.45) is 6.01. The van der Waals surface area contributed by atoms with E-state index in [0.717, 1.165) is 35.8 Å². The molecule has 0 saturated heterocycles. The van der Waals surface area contributed by atoms with E-state index < -0.39 is 0 Å². The van der Waals surface area contributed by atoms with Crippen LogP contribution in [-0.4, -0.2) is 34.5 Å². The molecule has 20 heavy (non-hydrogen) atoms. The molecule has 1 aromatic heterocycles. The van der Waals surface area contributed by atoms with Crippen molar-refractivity contribution in [1.29, 1.82) is 0 Å². The van der Waals surface area contributed by atoms with Crippen LogP contribution >= 0.6 is 15.9 Å². The lowest BCUT2D eigenvalue weighted by atomic mass is 9.91. The number of nitrogens with zero attached hydrogens (tertiary/aromatic N) is 2. The van der Waals surface area contributed by atoms with Gasteiger partial charge in [-0.3, -0.25) is 4.79 Å². The fourth-order valence-corrected chi connectivity index (χ4v) is 3.32. The Morgan fingerprint density at radius 1 is 1.40 bits per heavy atom. The second-order valence-corrected chi connectivity index (χ2v) is 6.94. The van der Waals surface area contributed by atoms with Crippen molar-refractivity contribution in [3.8, 4) is 0 Å². The summed E-state index contributed by atoms with van der Waals surface area (Å²) < 4.78 is 2.98. The van der Waals surface area contributed by atoms with Gasteiger partial charge in [0, 0.05) is 35.8 Å². The second kappa shape index (κ2) is 6.31. The van der Waals surface area contributed by atoms with E-state index in [1.807, 2.05) is 28.8 Å². The van der Waals surface area contributed by atoms with Crippen LogP contribution in [0.25, 0.3) is 0 Å². The minimum atomic E-state index is 0.102. The fraction of sp³-hybridized carbons (Fsp3) is 0.667. The van der Waals surface area contributed by atoms with Crippen LogP contribution in [0.2, 0.25) is 0 Å². The van der Waals surface area contributed by atoms with Crippen molar-refractivity contribution in [3.05, 3.63) is 22.4 Å². The van der Waals surface area contributed by atoms with E-state index in [9.17, 15) is 4.79 Å². The van der Waals surface area contributed by atoms with Gasteiger partial charge in [0.05, 0.1) is 0 Å². The van der Waals surface area contributed by atoms with Gasteiger partial charge >= 0.3 is 0 Å². The lowest BCUT2D eigenvalue weighted by Crippen LogP contribution is -2.42. The Morgan fingerprint density at radius 3 is 2.55 bits per heavy atom. The van der Waals surface area contributed by atoms with Gasteiger partial charge in [-0.1, -0.05) is 0 Å². The highest BCUT2D eigenvalue weighted by Gasteiger charge is 2.27. The van der Waals surface area contributed by atoms with Crippen molar-refractivity contribution in [2.24, 2.45) is 5.73 Å².